The molecule has 0 radical (unpaired) electrons. The van der Waals surface area contributed by atoms with Crippen LogP contribution in [0.2, 0.25) is 0 Å². The minimum Gasteiger partial charge on any atom is -0.462 e. The molecule has 0 aliphatic heterocycles. The van der Waals surface area contributed by atoms with E-state index < -0.39 is 6.10 Å². The van der Waals surface area contributed by atoms with Crippen molar-refractivity contribution < 1.29 is 28.6 Å². The molecular weight excluding hydrogens is 865 g/mol. The number of rotatable bonds is 58. The fourth-order valence-electron chi connectivity index (χ4n) is 9.93. The Kier molecular flexibility index (Phi) is 55.4. The predicted octanol–water partition coefficient (Wildman–Crippen LogP) is 21.2. The second-order valence-electron chi connectivity index (χ2n) is 23.0. The molecule has 6 heteroatoms. The molecule has 0 fully saturated rings. The number of ether oxygens (including phenoxy) is 3. The molecule has 0 heterocycles. The molecule has 416 valence electrons. The van der Waals surface area contributed by atoms with Crippen molar-refractivity contribution in [3.63, 3.8) is 0 Å². The third kappa shape index (κ3) is 57.3. The Bertz CT molecular complexity index is 1070. The average molecular weight is 990 g/mol. The quantitative estimate of drug-likeness (QED) is 0.0343. The first-order valence-electron chi connectivity index (χ1n) is 31.7. The fourth-order valence-corrected chi connectivity index (χ4v) is 9.93. The van der Waals surface area contributed by atoms with Gasteiger partial charge in [-0.3, -0.25) is 14.4 Å². The van der Waals surface area contributed by atoms with Crippen LogP contribution in [-0.4, -0.2) is 37.2 Å². The van der Waals surface area contributed by atoms with Gasteiger partial charge in [0.05, 0.1) is 0 Å². The summed E-state index contributed by atoms with van der Waals surface area (Å²) in [6.07, 6.45) is 62.4. The zero-order valence-corrected chi connectivity index (χ0v) is 48.2. The SMILES string of the molecule is CCCCCCCCCCCCCCCCC(=O)OC[C@H](COC(=O)CCCCCCCCCCCCCCCCCCCCC(C)C)OC(=O)CCCCCCCCCCCCCCCCC(C)C. The van der Waals surface area contributed by atoms with Gasteiger partial charge >= 0.3 is 17.9 Å². The first-order chi connectivity index (χ1) is 34.2. The molecule has 0 saturated heterocycles. The highest BCUT2D eigenvalue weighted by Crippen LogP contribution is 2.19. The number of hydrogen-bond acceptors (Lipinski definition) is 6. The Morgan fingerprint density at radius 2 is 0.471 bits per heavy atom. The maximum atomic E-state index is 12.9. The van der Waals surface area contributed by atoms with Gasteiger partial charge in [-0.15, -0.1) is 0 Å². The Labute approximate surface area is 438 Å². The highest BCUT2D eigenvalue weighted by atomic mass is 16.6. The third-order valence-corrected chi connectivity index (χ3v) is 14.7. The first-order valence-corrected chi connectivity index (χ1v) is 31.7. The van der Waals surface area contributed by atoms with Crippen molar-refractivity contribution in [3.8, 4) is 0 Å². The molecule has 0 rings (SSSR count). The number of carbonyl (C=O) groups excluding carboxylic acids is 3. The topological polar surface area (TPSA) is 78.9 Å². The monoisotopic (exact) mass is 989 g/mol. The van der Waals surface area contributed by atoms with Crippen LogP contribution in [0.3, 0.4) is 0 Å². The fraction of sp³-hybridized carbons (Fsp3) is 0.953. The molecule has 6 nitrogen and oxygen atoms in total. The lowest BCUT2D eigenvalue weighted by molar-refractivity contribution is -0.167. The second-order valence-corrected chi connectivity index (χ2v) is 23.0. The lowest BCUT2D eigenvalue weighted by atomic mass is 10.0. The van der Waals surface area contributed by atoms with Gasteiger partial charge in [0.15, 0.2) is 6.10 Å². The van der Waals surface area contributed by atoms with Crippen LogP contribution in [0.1, 0.15) is 362 Å². The maximum Gasteiger partial charge on any atom is 0.306 e. The van der Waals surface area contributed by atoms with Gasteiger partial charge in [-0.1, -0.05) is 324 Å². The van der Waals surface area contributed by atoms with Gasteiger partial charge in [-0.25, -0.2) is 0 Å². The number of hydrogen-bond donors (Lipinski definition) is 0. The highest BCUT2D eigenvalue weighted by Gasteiger charge is 2.19. The summed E-state index contributed by atoms with van der Waals surface area (Å²) < 4.78 is 17.0. The molecule has 0 N–H and O–H groups in total. The van der Waals surface area contributed by atoms with Gasteiger partial charge in [-0.05, 0) is 31.1 Å². The molecule has 0 spiro atoms. The van der Waals surface area contributed by atoms with Gasteiger partial charge < -0.3 is 14.2 Å². The van der Waals surface area contributed by atoms with Crippen molar-refractivity contribution in [1.29, 1.82) is 0 Å². The van der Waals surface area contributed by atoms with Crippen LogP contribution >= 0.6 is 0 Å². The van der Waals surface area contributed by atoms with Crippen molar-refractivity contribution >= 4 is 17.9 Å². The van der Waals surface area contributed by atoms with Crippen LogP contribution in [-0.2, 0) is 28.6 Å². The molecule has 0 amide bonds. The summed E-state index contributed by atoms with van der Waals surface area (Å²) in [5.41, 5.74) is 0. The van der Waals surface area contributed by atoms with E-state index in [0.29, 0.717) is 19.3 Å². The van der Waals surface area contributed by atoms with Crippen molar-refractivity contribution in [1.82, 2.24) is 0 Å². The molecule has 0 aliphatic carbocycles. The van der Waals surface area contributed by atoms with Crippen LogP contribution in [0.5, 0.6) is 0 Å². The largest absolute Gasteiger partial charge is 0.462 e. The van der Waals surface area contributed by atoms with E-state index in [1.807, 2.05) is 0 Å². The van der Waals surface area contributed by atoms with E-state index in [9.17, 15) is 14.4 Å². The third-order valence-electron chi connectivity index (χ3n) is 14.7. The Morgan fingerprint density at radius 3 is 0.700 bits per heavy atom. The molecule has 0 saturated carbocycles. The zero-order chi connectivity index (χ0) is 51.1. The van der Waals surface area contributed by atoms with Crippen LogP contribution in [0.4, 0.5) is 0 Å². The molecule has 1 atom stereocenters. The molecule has 0 unspecified atom stereocenters. The van der Waals surface area contributed by atoms with Crippen molar-refractivity contribution in [3.05, 3.63) is 0 Å². The van der Waals surface area contributed by atoms with E-state index >= 15 is 0 Å². The Balaban J connectivity index is 4.26. The smallest absolute Gasteiger partial charge is 0.306 e. The first kappa shape index (κ1) is 68.4. The van der Waals surface area contributed by atoms with Gasteiger partial charge in [0.25, 0.3) is 0 Å². The molecule has 0 aromatic rings. The van der Waals surface area contributed by atoms with E-state index in [1.54, 1.807) is 0 Å². The van der Waals surface area contributed by atoms with Gasteiger partial charge in [-0.2, -0.15) is 0 Å². The molecule has 0 aliphatic rings. The van der Waals surface area contributed by atoms with Gasteiger partial charge in [0.2, 0.25) is 0 Å². The van der Waals surface area contributed by atoms with Crippen LogP contribution < -0.4 is 0 Å². The van der Waals surface area contributed by atoms with Crippen molar-refractivity contribution in [2.45, 2.75) is 368 Å². The summed E-state index contributed by atoms with van der Waals surface area (Å²) in [5, 5.41) is 0. The Morgan fingerprint density at radius 1 is 0.271 bits per heavy atom. The van der Waals surface area contributed by atoms with Crippen LogP contribution in [0.25, 0.3) is 0 Å². The predicted molar refractivity (Wildman–Crippen MR) is 303 cm³/mol. The van der Waals surface area contributed by atoms with Crippen LogP contribution in [0.15, 0.2) is 0 Å². The zero-order valence-electron chi connectivity index (χ0n) is 48.2. The molecular formula is C64H124O6. The summed E-state index contributed by atoms with van der Waals surface area (Å²) in [6.45, 7) is 11.5. The van der Waals surface area contributed by atoms with E-state index in [0.717, 1.165) is 69.6 Å². The summed E-state index contributed by atoms with van der Waals surface area (Å²) >= 11 is 0. The lowest BCUT2D eigenvalue weighted by Gasteiger charge is -2.18. The van der Waals surface area contributed by atoms with Crippen molar-refractivity contribution in [2.75, 3.05) is 13.2 Å². The Hall–Kier alpha value is -1.59. The van der Waals surface area contributed by atoms with E-state index in [-0.39, 0.29) is 31.1 Å². The summed E-state index contributed by atoms with van der Waals surface area (Å²) in [7, 11) is 0. The van der Waals surface area contributed by atoms with Gasteiger partial charge in [0.1, 0.15) is 13.2 Å². The molecule has 70 heavy (non-hydrogen) atoms. The summed E-state index contributed by atoms with van der Waals surface area (Å²) in [6, 6.07) is 0. The minimum absolute atomic E-state index is 0.0618. The van der Waals surface area contributed by atoms with Crippen molar-refractivity contribution in [2.24, 2.45) is 11.8 Å². The molecule has 0 aromatic carbocycles. The number of esters is 3. The lowest BCUT2D eigenvalue weighted by Crippen LogP contribution is -2.30. The summed E-state index contributed by atoms with van der Waals surface area (Å²) in [5.74, 6) is 0.871. The highest BCUT2D eigenvalue weighted by molar-refractivity contribution is 5.71. The maximum absolute atomic E-state index is 12.9. The summed E-state index contributed by atoms with van der Waals surface area (Å²) in [4.78, 5) is 38.3. The standard InChI is InChI=1S/C64H124O6/c1-6-7-8-9-10-11-12-13-24-29-34-39-44-49-54-62(65)68-57-61(70-64(67)56-51-46-41-36-31-26-21-20-23-28-33-38-43-48-53-60(4)5)58-69-63(66)55-50-45-40-35-30-25-19-17-15-14-16-18-22-27-32-37-42-47-52-59(2)3/h59-61H,6-58H2,1-5H3/t61-/m1/s1. The van der Waals surface area contributed by atoms with Crippen LogP contribution in [0, 0.1) is 11.8 Å². The van der Waals surface area contributed by atoms with E-state index in [1.165, 1.54) is 250 Å². The van der Waals surface area contributed by atoms with E-state index in [2.05, 4.69) is 34.6 Å². The van der Waals surface area contributed by atoms with Gasteiger partial charge in [0, 0.05) is 19.3 Å². The van der Waals surface area contributed by atoms with E-state index in [4.69, 9.17) is 14.2 Å². The second kappa shape index (κ2) is 56.7. The number of carbonyl (C=O) groups is 3. The molecule has 0 bridgehead atoms. The number of unbranched alkanes of at least 4 members (excludes halogenated alkanes) is 43. The minimum atomic E-state index is -0.763. The molecule has 0 aromatic heterocycles. The average Bonchev–Trinajstić information content (AvgIpc) is 3.33. The normalized spacial score (nSPS) is 12.0.